The summed E-state index contributed by atoms with van der Waals surface area (Å²) in [6, 6.07) is 4.99. The highest BCUT2D eigenvalue weighted by atomic mass is 16.4. The van der Waals surface area contributed by atoms with E-state index in [1.54, 1.807) is 19.1 Å². The lowest BCUT2D eigenvalue weighted by Crippen LogP contribution is -2.24. The summed E-state index contributed by atoms with van der Waals surface area (Å²) in [6.07, 6.45) is 3.10. The van der Waals surface area contributed by atoms with Crippen LogP contribution < -0.4 is 5.32 Å². The highest BCUT2D eigenvalue weighted by molar-refractivity contribution is 5.95. The quantitative estimate of drug-likeness (QED) is 0.878. The van der Waals surface area contributed by atoms with Crippen LogP contribution in [0.3, 0.4) is 0 Å². The summed E-state index contributed by atoms with van der Waals surface area (Å²) in [6.45, 7) is 3.84. The average molecular weight is 261 g/mol. The first-order valence-corrected chi connectivity index (χ1v) is 6.64. The summed E-state index contributed by atoms with van der Waals surface area (Å²) in [7, 11) is 0. The van der Waals surface area contributed by atoms with E-state index in [0.717, 1.165) is 19.3 Å². The smallest absolute Gasteiger partial charge is 0.336 e. The molecule has 1 aliphatic rings. The third kappa shape index (κ3) is 2.95. The molecular formula is C15H19NO3. The third-order valence-corrected chi connectivity index (χ3v) is 3.93. The van der Waals surface area contributed by atoms with E-state index in [4.69, 9.17) is 5.11 Å². The molecule has 0 radical (unpaired) electrons. The van der Waals surface area contributed by atoms with E-state index in [-0.39, 0.29) is 17.4 Å². The van der Waals surface area contributed by atoms with Crippen molar-refractivity contribution in [3.05, 3.63) is 29.3 Å². The predicted molar refractivity (Wildman–Crippen MR) is 73.3 cm³/mol. The first-order valence-electron chi connectivity index (χ1n) is 6.64. The molecule has 1 aromatic carbocycles. The van der Waals surface area contributed by atoms with E-state index in [2.05, 4.69) is 12.2 Å². The van der Waals surface area contributed by atoms with Crippen LogP contribution in [-0.4, -0.2) is 17.0 Å². The first kappa shape index (κ1) is 13.6. The molecule has 0 aromatic heterocycles. The van der Waals surface area contributed by atoms with Crippen molar-refractivity contribution in [2.24, 2.45) is 11.8 Å². The Morgan fingerprint density at radius 1 is 1.32 bits per heavy atom. The maximum atomic E-state index is 12.1. The molecule has 0 spiro atoms. The average Bonchev–Trinajstić information content (AvgIpc) is 2.77. The Hall–Kier alpha value is -1.84. The first-order chi connectivity index (χ1) is 8.99. The van der Waals surface area contributed by atoms with Gasteiger partial charge in [0.1, 0.15) is 0 Å². The van der Waals surface area contributed by atoms with Crippen LogP contribution in [0.25, 0.3) is 0 Å². The molecule has 1 amide bonds. The largest absolute Gasteiger partial charge is 0.478 e. The topological polar surface area (TPSA) is 66.4 Å². The molecule has 0 saturated heterocycles. The van der Waals surface area contributed by atoms with Gasteiger partial charge in [-0.15, -0.1) is 0 Å². The molecule has 2 atom stereocenters. The molecule has 0 bridgehead atoms. The lowest BCUT2D eigenvalue weighted by atomic mass is 9.97. The molecule has 1 fully saturated rings. The Balaban J connectivity index is 2.13. The summed E-state index contributed by atoms with van der Waals surface area (Å²) in [5, 5.41) is 11.9. The van der Waals surface area contributed by atoms with Crippen LogP contribution in [0.15, 0.2) is 18.2 Å². The number of carbonyl (C=O) groups excluding carboxylic acids is 1. The van der Waals surface area contributed by atoms with Crippen molar-refractivity contribution in [3.8, 4) is 0 Å². The number of benzene rings is 1. The number of rotatable bonds is 3. The number of anilines is 1. The van der Waals surface area contributed by atoms with Crippen LogP contribution >= 0.6 is 0 Å². The number of hydrogen-bond donors (Lipinski definition) is 2. The highest BCUT2D eigenvalue weighted by Gasteiger charge is 2.29. The van der Waals surface area contributed by atoms with Crippen LogP contribution in [-0.2, 0) is 4.79 Å². The molecule has 2 rings (SSSR count). The van der Waals surface area contributed by atoms with Crippen LogP contribution in [0.5, 0.6) is 0 Å². The van der Waals surface area contributed by atoms with Gasteiger partial charge in [-0.1, -0.05) is 19.4 Å². The van der Waals surface area contributed by atoms with Gasteiger partial charge in [0.15, 0.2) is 0 Å². The Kier molecular flexibility index (Phi) is 3.88. The van der Waals surface area contributed by atoms with Crippen LogP contribution in [0, 0.1) is 18.8 Å². The standard InChI is InChI=1S/C15H19NO3/c1-9-4-3-5-12(9)14(17)16-11-7-6-10(2)13(8-11)15(18)19/h6-9,12H,3-5H2,1-2H3,(H,16,17)(H,18,19). The van der Waals surface area contributed by atoms with Gasteiger partial charge in [-0.25, -0.2) is 4.79 Å². The van der Waals surface area contributed by atoms with Crippen molar-refractivity contribution < 1.29 is 14.7 Å². The predicted octanol–water partition coefficient (Wildman–Crippen LogP) is 3.07. The summed E-state index contributed by atoms with van der Waals surface area (Å²) < 4.78 is 0. The molecule has 4 heteroatoms. The van der Waals surface area contributed by atoms with Gasteiger partial charge in [0.05, 0.1) is 5.56 Å². The molecule has 1 saturated carbocycles. The van der Waals surface area contributed by atoms with E-state index >= 15 is 0 Å². The maximum absolute atomic E-state index is 12.1. The normalized spacial score (nSPS) is 22.2. The number of nitrogens with one attached hydrogen (secondary N) is 1. The zero-order valence-electron chi connectivity index (χ0n) is 11.3. The molecule has 1 aliphatic carbocycles. The molecule has 2 N–H and O–H groups in total. The number of carbonyl (C=O) groups is 2. The molecule has 0 heterocycles. The van der Waals surface area contributed by atoms with Gasteiger partial charge in [0.25, 0.3) is 0 Å². The summed E-state index contributed by atoms with van der Waals surface area (Å²) in [4.78, 5) is 23.2. The molecule has 1 aromatic rings. The Morgan fingerprint density at radius 3 is 2.63 bits per heavy atom. The summed E-state index contributed by atoms with van der Waals surface area (Å²) in [5.41, 5.74) is 1.49. The Bertz CT molecular complexity index is 510. The lowest BCUT2D eigenvalue weighted by Gasteiger charge is -2.15. The van der Waals surface area contributed by atoms with Crippen LogP contribution in [0.2, 0.25) is 0 Å². The fourth-order valence-corrected chi connectivity index (χ4v) is 2.70. The van der Waals surface area contributed by atoms with Gasteiger partial charge in [-0.3, -0.25) is 4.79 Å². The number of aromatic carboxylic acids is 1. The number of hydrogen-bond acceptors (Lipinski definition) is 2. The second-order valence-corrected chi connectivity index (χ2v) is 5.34. The van der Waals surface area contributed by atoms with Crippen molar-refractivity contribution in [3.63, 3.8) is 0 Å². The maximum Gasteiger partial charge on any atom is 0.336 e. The van der Waals surface area contributed by atoms with Gasteiger partial charge in [0.2, 0.25) is 5.91 Å². The highest BCUT2D eigenvalue weighted by Crippen LogP contribution is 2.32. The minimum absolute atomic E-state index is 0.00481. The minimum Gasteiger partial charge on any atom is -0.478 e. The second-order valence-electron chi connectivity index (χ2n) is 5.34. The van der Waals surface area contributed by atoms with Gasteiger partial charge >= 0.3 is 5.97 Å². The zero-order chi connectivity index (χ0) is 14.0. The fraction of sp³-hybridized carbons (Fsp3) is 0.467. The van der Waals surface area contributed by atoms with Crippen molar-refractivity contribution >= 4 is 17.6 Å². The second kappa shape index (κ2) is 5.43. The monoisotopic (exact) mass is 261 g/mol. The Morgan fingerprint density at radius 2 is 2.05 bits per heavy atom. The molecule has 0 aliphatic heterocycles. The van der Waals surface area contributed by atoms with Crippen molar-refractivity contribution in [1.29, 1.82) is 0 Å². The van der Waals surface area contributed by atoms with Crippen molar-refractivity contribution in [2.45, 2.75) is 33.1 Å². The van der Waals surface area contributed by atoms with E-state index in [1.807, 2.05) is 0 Å². The third-order valence-electron chi connectivity index (χ3n) is 3.93. The number of carboxylic acids is 1. The SMILES string of the molecule is Cc1ccc(NC(=O)C2CCCC2C)cc1C(=O)O. The fourth-order valence-electron chi connectivity index (χ4n) is 2.70. The van der Waals surface area contributed by atoms with E-state index in [1.165, 1.54) is 6.07 Å². The Labute approximate surface area is 112 Å². The zero-order valence-corrected chi connectivity index (χ0v) is 11.3. The number of carboxylic acid groups (broad SMARTS) is 1. The molecule has 4 nitrogen and oxygen atoms in total. The van der Waals surface area contributed by atoms with Crippen molar-refractivity contribution in [2.75, 3.05) is 5.32 Å². The number of aryl methyl sites for hydroxylation is 1. The number of amides is 1. The van der Waals surface area contributed by atoms with Crippen LogP contribution in [0.1, 0.15) is 42.1 Å². The van der Waals surface area contributed by atoms with E-state index in [0.29, 0.717) is 17.2 Å². The molecular weight excluding hydrogens is 242 g/mol. The summed E-state index contributed by atoms with van der Waals surface area (Å²) >= 11 is 0. The molecule has 2 unspecified atom stereocenters. The lowest BCUT2D eigenvalue weighted by molar-refractivity contribution is -0.120. The van der Waals surface area contributed by atoms with Gasteiger partial charge < -0.3 is 10.4 Å². The van der Waals surface area contributed by atoms with Gasteiger partial charge in [0, 0.05) is 11.6 Å². The molecule has 102 valence electrons. The van der Waals surface area contributed by atoms with Gasteiger partial charge in [-0.2, -0.15) is 0 Å². The van der Waals surface area contributed by atoms with Crippen LogP contribution in [0.4, 0.5) is 5.69 Å². The summed E-state index contributed by atoms with van der Waals surface area (Å²) in [5.74, 6) is -0.507. The van der Waals surface area contributed by atoms with E-state index < -0.39 is 5.97 Å². The van der Waals surface area contributed by atoms with Crippen molar-refractivity contribution in [1.82, 2.24) is 0 Å². The van der Waals surface area contributed by atoms with E-state index in [9.17, 15) is 9.59 Å². The minimum atomic E-state index is -0.970. The van der Waals surface area contributed by atoms with Gasteiger partial charge in [-0.05, 0) is 43.4 Å². The molecule has 19 heavy (non-hydrogen) atoms.